The first-order chi connectivity index (χ1) is 11.2. The molecule has 0 fully saturated rings. The SMILES string of the molecule is CN(C[C@H](N)c1ccc(F)cc1)S(=O)(=O)c1ccc([N+](=O)[O-])cc1. The summed E-state index contributed by atoms with van der Waals surface area (Å²) in [5, 5.41) is 10.6. The second-order valence-electron chi connectivity index (χ2n) is 5.19. The van der Waals surface area contributed by atoms with Crippen molar-refractivity contribution in [2.24, 2.45) is 5.73 Å². The maximum absolute atomic E-state index is 12.9. The molecule has 7 nitrogen and oxygen atoms in total. The molecular formula is C15H16FN3O4S. The number of hydrogen-bond acceptors (Lipinski definition) is 5. The molecule has 2 aromatic carbocycles. The lowest BCUT2D eigenvalue weighted by molar-refractivity contribution is -0.384. The largest absolute Gasteiger partial charge is 0.323 e. The van der Waals surface area contributed by atoms with E-state index in [1.54, 1.807) is 0 Å². The van der Waals surface area contributed by atoms with Crippen molar-refractivity contribution >= 4 is 15.7 Å². The van der Waals surface area contributed by atoms with E-state index < -0.39 is 26.8 Å². The number of non-ortho nitro benzene ring substituents is 1. The molecule has 2 rings (SSSR count). The lowest BCUT2D eigenvalue weighted by Crippen LogP contribution is -2.34. The molecule has 0 aromatic heterocycles. The lowest BCUT2D eigenvalue weighted by atomic mass is 10.1. The van der Waals surface area contributed by atoms with E-state index in [1.165, 1.54) is 43.4 Å². The summed E-state index contributed by atoms with van der Waals surface area (Å²) in [5.41, 5.74) is 6.37. The van der Waals surface area contributed by atoms with E-state index in [-0.39, 0.29) is 17.1 Å². The smallest absolute Gasteiger partial charge is 0.269 e. The van der Waals surface area contributed by atoms with Gasteiger partial charge in [-0.15, -0.1) is 0 Å². The second-order valence-corrected chi connectivity index (χ2v) is 7.24. The van der Waals surface area contributed by atoms with Gasteiger partial charge in [-0.25, -0.2) is 12.8 Å². The predicted molar refractivity (Wildman–Crippen MR) is 86.2 cm³/mol. The number of likely N-dealkylation sites (N-methyl/N-ethyl adjacent to an activating group) is 1. The van der Waals surface area contributed by atoms with E-state index in [0.717, 1.165) is 16.4 Å². The van der Waals surface area contributed by atoms with Crippen LogP contribution in [0, 0.1) is 15.9 Å². The minimum Gasteiger partial charge on any atom is -0.323 e. The van der Waals surface area contributed by atoms with E-state index in [1.807, 2.05) is 0 Å². The van der Waals surface area contributed by atoms with Crippen molar-refractivity contribution < 1.29 is 17.7 Å². The Hall–Kier alpha value is -2.36. The van der Waals surface area contributed by atoms with Crippen LogP contribution in [0.25, 0.3) is 0 Å². The molecule has 0 bridgehead atoms. The van der Waals surface area contributed by atoms with Crippen LogP contribution >= 0.6 is 0 Å². The molecule has 128 valence electrons. The Morgan fingerprint density at radius 1 is 1.17 bits per heavy atom. The second kappa shape index (κ2) is 7.04. The third-order valence-corrected chi connectivity index (χ3v) is 5.35. The predicted octanol–water partition coefficient (Wildman–Crippen LogP) is 2.05. The highest BCUT2D eigenvalue weighted by Crippen LogP contribution is 2.21. The Bertz CT molecular complexity index is 823. The van der Waals surface area contributed by atoms with Crippen LogP contribution in [0.5, 0.6) is 0 Å². The molecule has 0 radical (unpaired) electrons. The van der Waals surface area contributed by atoms with Crippen LogP contribution in [0.1, 0.15) is 11.6 Å². The van der Waals surface area contributed by atoms with Crippen molar-refractivity contribution in [1.29, 1.82) is 0 Å². The van der Waals surface area contributed by atoms with Gasteiger partial charge in [-0.2, -0.15) is 4.31 Å². The van der Waals surface area contributed by atoms with E-state index >= 15 is 0 Å². The van der Waals surface area contributed by atoms with Crippen LogP contribution in [0.3, 0.4) is 0 Å². The Kier molecular flexibility index (Phi) is 5.27. The number of nitro groups is 1. The summed E-state index contributed by atoms with van der Waals surface area (Å²) in [6, 6.07) is 9.45. The van der Waals surface area contributed by atoms with Crippen LogP contribution in [0.4, 0.5) is 10.1 Å². The fourth-order valence-electron chi connectivity index (χ4n) is 2.11. The Balaban J connectivity index is 2.16. The number of nitrogens with zero attached hydrogens (tertiary/aromatic N) is 2. The number of nitro benzene ring substituents is 1. The monoisotopic (exact) mass is 353 g/mol. The van der Waals surface area contributed by atoms with Crippen LogP contribution in [0.15, 0.2) is 53.4 Å². The molecule has 0 heterocycles. The topological polar surface area (TPSA) is 107 Å². The van der Waals surface area contributed by atoms with Gasteiger partial charge in [0.1, 0.15) is 5.82 Å². The fourth-order valence-corrected chi connectivity index (χ4v) is 3.31. The number of halogens is 1. The van der Waals surface area contributed by atoms with Gasteiger partial charge >= 0.3 is 0 Å². The molecule has 0 saturated heterocycles. The number of hydrogen-bond donors (Lipinski definition) is 1. The van der Waals surface area contributed by atoms with E-state index in [0.29, 0.717) is 5.56 Å². The number of nitrogens with two attached hydrogens (primary N) is 1. The van der Waals surface area contributed by atoms with E-state index in [2.05, 4.69) is 0 Å². The van der Waals surface area contributed by atoms with Gasteiger partial charge in [-0.3, -0.25) is 10.1 Å². The van der Waals surface area contributed by atoms with Crippen LogP contribution in [-0.4, -0.2) is 31.2 Å². The summed E-state index contributed by atoms with van der Waals surface area (Å²) in [4.78, 5) is 9.95. The third-order valence-electron chi connectivity index (χ3n) is 3.51. The maximum atomic E-state index is 12.9. The van der Waals surface area contributed by atoms with Gasteiger partial charge in [0.2, 0.25) is 10.0 Å². The van der Waals surface area contributed by atoms with Gasteiger partial charge in [0, 0.05) is 31.8 Å². The van der Waals surface area contributed by atoms with Crippen molar-refractivity contribution in [3.8, 4) is 0 Å². The van der Waals surface area contributed by atoms with Crippen molar-refractivity contribution in [2.75, 3.05) is 13.6 Å². The quantitative estimate of drug-likeness (QED) is 0.632. The standard InChI is InChI=1S/C15H16FN3O4S/c1-18(10-15(17)11-2-4-12(16)5-3-11)24(22,23)14-8-6-13(7-9-14)19(20)21/h2-9,15H,10,17H2,1H3/t15-/m0/s1. The van der Waals surface area contributed by atoms with Gasteiger partial charge in [0.15, 0.2) is 0 Å². The van der Waals surface area contributed by atoms with E-state index in [9.17, 15) is 22.9 Å². The molecule has 2 aromatic rings. The van der Waals surface area contributed by atoms with Gasteiger partial charge in [0.25, 0.3) is 5.69 Å². The van der Waals surface area contributed by atoms with Crippen molar-refractivity contribution in [3.63, 3.8) is 0 Å². The zero-order valence-electron chi connectivity index (χ0n) is 12.8. The molecule has 0 saturated carbocycles. The minimum atomic E-state index is -3.84. The Labute approximate surface area is 138 Å². The molecular weight excluding hydrogens is 337 g/mol. The molecule has 0 unspecified atom stereocenters. The fraction of sp³-hybridized carbons (Fsp3) is 0.200. The first-order valence-corrected chi connectivity index (χ1v) is 8.37. The van der Waals surface area contributed by atoms with Crippen molar-refractivity contribution in [2.45, 2.75) is 10.9 Å². The third kappa shape index (κ3) is 3.94. The van der Waals surface area contributed by atoms with Crippen molar-refractivity contribution in [3.05, 3.63) is 70.0 Å². The highest BCUT2D eigenvalue weighted by molar-refractivity contribution is 7.89. The zero-order valence-corrected chi connectivity index (χ0v) is 13.6. The average Bonchev–Trinajstić information content (AvgIpc) is 2.55. The zero-order chi connectivity index (χ0) is 17.9. The molecule has 0 aliphatic heterocycles. The number of sulfonamides is 1. The summed E-state index contributed by atoms with van der Waals surface area (Å²) < 4.78 is 38.9. The Morgan fingerprint density at radius 2 is 1.71 bits per heavy atom. The molecule has 9 heteroatoms. The van der Waals surface area contributed by atoms with E-state index in [4.69, 9.17) is 5.73 Å². The van der Waals surface area contributed by atoms with Crippen LogP contribution in [0.2, 0.25) is 0 Å². The van der Waals surface area contributed by atoms with Gasteiger partial charge in [-0.05, 0) is 29.8 Å². The molecule has 0 spiro atoms. The van der Waals surface area contributed by atoms with Gasteiger partial charge < -0.3 is 5.73 Å². The molecule has 0 amide bonds. The number of rotatable bonds is 6. The van der Waals surface area contributed by atoms with Crippen LogP contribution < -0.4 is 5.73 Å². The maximum Gasteiger partial charge on any atom is 0.269 e. The summed E-state index contributed by atoms with van der Waals surface area (Å²) in [6.07, 6.45) is 0. The van der Waals surface area contributed by atoms with Gasteiger partial charge in [-0.1, -0.05) is 12.1 Å². The highest BCUT2D eigenvalue weighted by atomic mass is 32.2. The summed E-state index contributed by atoms with van der Waals surface area (Å²) in [7, 11) is -2.47. The summed E-state index contributed by atoms with van der Waals surface area (Å²) in [5.74, 6) is -0.405. The summed E-state index contributed by atoms with van der Waals surface area (Å²) in [6.45, 7) is -0.0229. The summed E-state index contributed by atoms with van der Waals surface area (Å²) >= 11 is 0. The first kappa shape index (κ1) is 18.0. The van der Waals surface area contributed by atoms with Crippen molar-refractivity contribution in [1.82, 2.24) is 4.31 Å². The Morgan fingerprint density at radius 3 is 2.21 bits per heavy atom. The van der Waals surface area contributed by atoms with Gasteiger partial charge in [0.05, 0.1) is 9.82 Å². The lowest BCUT2D eigenvalue weighted by Gasteiger charge is -2.21. The molecule has 1 atom stereocenters. The normalized spacial score (nSPS) is 13.0. The molecule has 2 N–H and O–H groups in total. The van der Waals surface area contributed by atoms with Crippen LogP contribution in [-0.2, 0) is 10.0 Å². The molecule has 0 aliphatic rings. The minimum absolute atomic E-state index is 0.0229. The molecule has 24 heavy (non-hydrogen) atoms. The first-order valence-electron chi connectivity index (χ1n) is 6.93. The molecule has 0 aliphatic carbocycles. The highest BCUT2D eigenvalue weighted by Gasteiger charge is 2.23. The average molecular weight is 353 g/mol. The number of benzene rings is 2.